The lowest BCUT2D eigenvalue weighted by atomic mass is 10.0. The highest BCUT2D eigenvalue weighted by molar-refractivity contribution is 8.00. The van der Waals surface area contributed by atoms with Gasteiger partial charge in [0.2, 0.25) is 11.8 Å². The summed E-state index contributed by atoms with van der Waals surface area (Å²) >= 11 is 1.53. The van der Waals surface area contributed by atoms with E-state index < -0.39 is 0 Å². The summed E-state index contributed by atoms with van der Waals surface area (Å²) in [5, 5.41) is 2.91. The molecular formula is C22H26N2O2S. The molecule has 0 aromatic heterocycles. The van der Waals surface area contributed by atoms with Gasteiger partial charge in [0.15, 0.2) is 0 Å². The molecule has 1 N–H and O–H groups in total. The summed E-state index contributed by atoms with van der Waals surface area (Å²) in [5.74, 6) is 0.608. The Kier molecular flexibility index (Phi) is 6.93. The molecule has 0 bridgehead atoms. The zero-order valence-corrected chi connectivity index (χ0v) is 16.6. The van der Waals surface area contributed by atoms with E-state index in [9.17, 15) is 9.59 Å². The van der Waals surface area contributed by atoms with Crippen molar-refractivity contribution in [1.29, 1.82) is 0 Å². The molecule has 0 atom stereocenters. The normalized spacial score (nSPS) is 13.1. The molecule has 0 spiro atoms. The second-order valence-corrected chi connectivity index (χ2v) is 7.79. The number of para-hydroxylation sites is 1. The highest BCUT2D eigenvalue weighted by atomic mass is 32.2. The maximum Gasteiger partial charge on any atom is 0.237 e. The van der Waals surface area contributed by atoms with Crippen molar-refractivity contribution >= 4 is 35.0 Å². The molecule has 0 radical (unpaired) electrons. The van der Waals surface area contributed by atoms with Crippen molar-refractivity contribution in [2.24, 2.45) is 0 Å². The van der Waals surface area contributed by atoms with Gasteiger partial charge < -0.3 is 10.2 Å². The molecule has 2 amide bonds. The Bertz CT molecular complexity index is 789. The minimum absolute atomic E-state index is 0.0520. The fraction of sp³-hybridized carbons (Fsp3) is 0.364. The number of nitrogens with zero attached hydrogens (tertiary/aromatic N) is 1. The van der Waals surface area contributed by atoms with Gasteiger partial charge in [-0.3, -0.25) is 9.59 Å². The van der Waals surface area contributed by atoms with E-state index in [0.717, 1.165) is 48.5 Å². The zero-order chi connectivity index (χ0) is 19.1. The molecule has 2 aromatic carbocycles. The molecule has 27 heavy (non-hydrogen) atoms. The number of aryl methyl sites for hydroxylation is 1. The molecule has 5 heteroatoms. The lowest BCUT2D eigenvalue weighted by Crippen LogP contribution is -2.36. The number of amides is 2. The van der Waals surface area contributed by atoms with Crippen LogP contribution in [0, 0.1) is 0 Å². The highest BCUT2D eigenvalue weighted by Gasteiger charge is 2.21. The molecule has 0 unspecified atom stereocenters. The van der Waals surface area contributed by atoms with Gasteiger partial charge >= 0.3 is 0 Å². The lowest BCUT2D eigenvalue weighted by Gasteiger charge is -2.29. The summed E-state index contributed by atoms with van der Waals surface area (Å²) in [4.78, 5) is 27.4. The van der Waals surface area contributed by atoms with Gasteiger partial charge in [-0.2, -0.15) is 0 Å². The first-order valence-corrected chi connectivity index (χ1v) is 10.6. The molecule has 1 aliphatic rings. The van der Waals surface area contributed by atoms with E-state index in [1.165, 1.54) is 17.3 Å². The van der Waals surface area contributed by atoms with Gasteiger partial charge in [0.1, 0.15) is 0 Å². The molecule has 1 heterocycles. The Labute approximate surface area is 165 Å². The van der Waals surface area contributed by atoms with Crippen molar-refractivity contribution in [3.63, 3.8) is 0 Å². The average molecular weight is 383 g/mol. The maximum absolute atomic E-state index is 12.7. The predicted molar refractivity (Wildman–Crippen MR) is 112 cm³/mol. The summed E-state index contributed by atoms with van der Waals surface area (Å²) in [6.45, 7) is 2.86. The molecule has 0 fully saturated rings. The first-order chi connectivity index (χ1) is 13.2. The van der Waals surface area contributed by atoms with Crippen molar-refractivity contribution in [3.05, 3.63) is 54.1 Å². The van der Waals surface area contributed by atoms with Crippen LogP contribution in [0.2, 0.25) is 0 Å². The highest BCUT2D eigenvalue weighted by Crippen LogP contribution is 2.28. The number of benzene rings is 2. The van der Waals surface area contributed by atoms with Crippen molar-refractivity contribution in [3.8, 4) is 0 Å². The largest absolute Gasteiger partial charge is 0.326 e. The van der Waals surface area contributed by atoms with E-state index in [4.69, 9.17) is 0 Å². The number of carbonyl (C=O) groups excluding carboxylic acids is 2. The number of thioether (sulfide) groups is 1. The van der Waals surface area contributed by atoms with Gasteiger partial charge in [-0.15, -0.1) is 11.8 Å². The topological polar surface area (TPSA) is 49.4 Å². The minimum Gasteiger partial charge on any atom is -0.326 e. The molecule has 0 saturated heterocycles. The quantitative estimate of drug-likeness (QED) is 0.694. The van der Waals surface area contributed by atoms with E-state index >= 15 is 0 Å². The fourth-order valence-corrected chi connectivity index (χ4v) is 3.99. The van der Waals surface area contributed by atoms with Crippen LogP contribution in [0.15, 0.2) is 53.4 Å². The van der Waals surface area contributed by atoms with Crippen LogP contribution in [0.3, 0.4) is 0 Å². The number of carbonyl (C=O) groups is 2. The summed E-state index contributed by atoms with van der Waals surface area (Å²) < 4.78 is 0. The van der Waals surface area contributed by atoms with E-state index in [-0.39, 0.29) is 11.8 Å². The van der Waals surface area contributed by atoms with Gasteiger partial charge in [0.05, 0.1) is 5.75 Å². The molecular weight excluding hydrogens is 356 g/mol. The molecule has 0 aliphatic carbocycles. The molecule has 2 aromatic rings. The summed E-state index contributed by atoms with van der Waals surface area (Å²) in [7, 11) is 0. The van der Waals surface area contributed by atoms with E-state index in [1.807, 2.05) is 47.4 Å². The van der Waals surface area contributed by atoms with Crippen molar-refractivity contribution < 1.29 is 9.59 Å². The third-order valence-corrected chi connectivity index (χ3v) is 5.67. The maximum atomic E-state index is 12.7. The first-order valence-electron chi connectivity index (χ1n) is 9.58. The SMILES string of the molecule is CCCCC(=O)Nc1ccc(SCC(=O)N2CCCc3ccccc32)cc1. The van der Waals surface area contributed by atoms with Crippen LogP contribution in [0.25, 0.3) is 0 Å². The number of hydrogen-bond donors (Lipinski definition) is 1. The monoisotopic (exact) mass is 382 g/mol. The standard InChI is InChI=1S/C22H26N2O2S/c1-2-3-10-21(25)23-18-11-13-19(14-12-18)27-16-22(26)24-15-6-8-17-7-4-5-9-20(17)24/h4-5,7,9,11-14H,2-3,6,8,10,15-16H2,1H3,(H,23,25). The van der Waals surface area contributed by atoms with Crippen LogP contribution in [-0.4, -0.2) is 24.1 Å². The van der Waals surface area contributed by atoms with Crippen LogP contribution in [0.1, 0.15) is 38.2 Å². The van der Waals surface area contributed by atoms with Crippen LogP contribution in [-0.2, 0) is 16.0 Å². The van der Waals surface area contributed by atoms with Crippen LogP contribution < -0.4 is 10.2 Å². The first kappa shape index (κ1) is 19.5. The minimum atomic E-state index is 0.0520. The molecule has 3 rings (SSSR count). The summed E-state index contributed by atoms with van der Waals surface area (Å²) in [5.41, 5.74) is 3.11. The lowest BCUT2D eigenvalue weighted by molar-refractivity contribution is -0.117. The Morgan fingerprint density at radius 1 is 1.11 bits per heavy atom. The summed E-state index contributed by atoms with van der Waals surface area (Å²) in [6, 6.07) is 15.9. The third kappa shape index (κ3) is 5.36. The van der Waals surface area contributed by atoms with E-state index in [0.29, 0.717) is 12.2 Å². The second-order valence-electron chi connectivity index (χ2n) is 6.74. The zero-order valence-electron chi connectivity index (χ0n) is 15.7. The van der Waals surface area contributed by atoms with Gasteiger partial charge in [-0.25, -0.2) is 0 Å². The van der Waals surface area contributed by atoms with Crippen molar-refractivity contribution in [1.82, 2.24) is 0 Å². The van der Waals surface area contributed by atoms with Gasteiger partial charge in [-0.1, -0.05) is 31.5 Å². The third-order valence-electron chi connectivity index (χ3n) is 4.67. The van der Waals surface area contributed by atoms with Crippen LogP contribution in [0.5, 0.6) is 0 Å². The summed E-state index contributed by atoms with van der Waals surface area (Å²) in [6.07, 6.45) is 4.53. The molecule has 0 saturated carbocycles. The Morgan fingerprint density at radius 2 is 1.89 bits per heavy atom. The number of rotatable bonds is 7. The predicted octanol–water partition coefficient (Wildman–Crippen LogP) is 4.89. The molecule has 1 aliphatic heterocycles. The Hall–Kier alpha value is -2.27. The van der Waals surface area contributed by atoms with Gasteiger partial charge in [0, 0.05) is 29.2 Å². The average Bonchev–Trinajstić information content (AvgIpc) is 2.71. The van der Waals surface area contributed by atoms with Crippen molar-refractivity contribution in [2.75, 3.05) is 22.5 Å². The number of fused-ring (bicyclic) bond motifs is 1. The fourth-order valence-electron chi connectivity index (χ4n) is 3.21. The van der Waals surface area contributed by atoms with Crippen molar-refractivity contribution in [2.45, 2.75) is 43.9 Å². The molecule has 142 valence electrons. The number of hydrogen-bond acceptors (Lipinski definition) is 3. The molecule has 4 nitrogen and oxygen atoms in total. The van der Waals surface area contributed by atoms with Gasteiger partial charge in [-0.05, 0) is 55.2 Å². The Balaban J connectivity index is 1.53. The number of unbranched alkanes of at least 4 members (excludes halogenated alkanes) is 1. The van der Waals surface area contributed by atoms with Crippen LogP contribution >= 0.6 is 11.8 Å². The smallest absolute Gasteiger partial charge is 0.237 e. The second kappa shape index (κ2) is 9.60. The van der Waals surface area contributed by atoms with Gasteiger partial charge in [0.25, 0.3) is 0 Å². The Morgan fingerprint density at radius 3 is 2.67 bits per heavy atom. The van der Waals surface area contributed by atoms with E-state index in [1.54, 1.807) is 0 Å². The van der Waals surface area contributed by atoms with E-state index in [2.05, 4.69) is 18.3 Å². The van der Waals surface area contributed by atoms with Crippen LogP contribution in [0.4, 0.5) is 11.4 Å². The number of anilines is 2. The number of nitrogens with one attached hydrogen (secondary N) is 1.